The molecule has 3 N–H and O–H groups in total. The maximum Gasteiger partial charge on any atom is 0.417 e. The van der Waals surface area contributed by atoms with Gasteiger partial charge in [-0.05, 0) is 37.3 Å². The van der Waals surface area contributed by atoms with E-state index in [-0.39, 0.29) is 5.91 Å². The molecule has 10 heteroatoms. The number of hydrogen-bond donors (Lipinski definition) is 3. The van der Waals surface area contributed by atoms with Crippen molar-refractivity contribution in [3.63, 3.8) is 0 Å². The average molecular weight is 434 g/mol. The molecule has 4 aromatic rings. The summed E-state index contributed by atoms with van der Waals surface area (Å²) in [5, 5.41) is 6.35. The van der Waals surface area contributed by atoms with Gasteiger partial charge in [0, 0.05) is 48.9 Å². The topological polar surface area (TPSA) is 125 Å². The maximum absolute atomic E-state index is 12.4. The van der Waals surface area contributed by atoms with Gasteiger partial charge in [-0.2, -0.15) is 4.98 Å². The zero-order chi connectivity index (χ0) is 22.8. The summed E-state index contributed by atoms with van der Waals surface area (Å²) in [6.07, 6.45) is 1.68. The van der Waals surface area contributed by atoms with Crippen molar-refractivity contribution in [1.29, 1.82) is 0 Å². The molecule has 0 bridgehead atoms. The molecule has 10 nitrogen and oxygen atoms in total. The number of aryl methyl sites for hydroxylation is 1. The number of nitrogens with one attached hydrogen (secondary N) is 3. The third-order valence-corrected chi connectivity index (χ3v) is 4.70. The predicted molar refractivity (Wildman–Crippen MR) is 121 cm³/mol. The highest BCUT2D eigenvalue weighted by Gasteiger charge is 2.13. The van der Waals surface area contributed by atoms with Crippen molar-refractivity contribution in [3.05, 3.63) is 64.3 Å². The number of methoxy groups -OCH3 is 1. The molecule has 2 aromatic carbocycles. The largest absolute Gasteiger partial charge is 0.497 e. The summed E-state index contributed by atoms with van der Waals surface area (Å²) in [4.78, 5) is 36.8. The molecular weight excluding hydrogens is 412 g/mol. The van der Waals surface area contributed by atoms with Crippen LogP contribution in [-0.2, 0) is 0 Å². The van der Waals surface area contributed by atoms with E-state index in [1.807, 2.05) is 6.92 Å². The van der Waals surface area contributed by atoms with Crippen molar-refractivity contribution in [1.82, 2.24) is 19.9 Å². The smallest absolute Gasteiger partial charge is 0.417 e. The summed E-state index contributed by atoms with van der Waals surface area (Å²) in [6, 6.07) is 10.4. The van der Waals surface area contributed by atoms with E-state index in [1.165, 1.54) is 12.0 Å². The summed E-state index contributed by atoms with van der Waals surface area (Å²) in [7, 11) is 4.91. The van der Waals surface area contributed by atoms with Gasteiger partial charge in [-0.3, -0.25) is 9.78 Å². The third kappa shape index (κ3) is 4.38. The number of ether oxygens (including phenoxy) is 1. The van der Waals surface area contributed by atoms with Gasteiger partial charge >= 0.3 is 5.76 Å². The monoisotopic (exact) mass is 434 g/mol. The minimum Gasteiger partial charge on any atom is -0.497 e. The number of aromatic nitrogens is 3. The summed E-state index contributed by atoms with van der Waals surface area (Å²) >= 11 is 0. The van der Waals surface area contributed by atoms with Gasteiger partial charge in [-0.25, -0.2) is 9.78 Å². The van der Waals surface area contributed by atoms with E-state index in [9.17, 15) is 9.59 Å². The van der Waals surface area contributed by atoms with E-state index < -0.39 is 5.76 Å². The first-order valence-electron chi connectivity index (χ1n) is 9.73. The fourth-order valence-corrected chi connectivity index (χ4v) is 3.10. The van der Waals surface area contributed by atoms with E-state index in [4.69, 9.17) is 9.15 Å². The number of amides is 1. The fraction of sp³-hybridized carbons (Fsp3) is 0.182. The molecule has 0 aliphatic rings. The Morgan fingerprint density at radius 2 is 1.94 bits per heavy atom. The van der Waals surface area contributed by atoms with E-state index in [2.05, 4.69) is 25.6 Å². The Kier molecular flexibility index (Phi) is 5.50. The summed E-state index contributed by atoms with van der Waals surface area (Å²) < 4.78 is 10.4. The molecule has 0 aliphatic heterocycles. The van der Waals surface area contributed by atoms with Crippen LogP contribution in [0.3, 0.4) is 0 Å². The van der Waals surface area contributed by atoms with Crippen molar-refractivity contribution >= 4 is 40.1 Å². The molecular formula is C22H22N6O4. The minimum atomic E-state index is -0.507. The first kappa shape index (κ1) is 20.9. The van der Waals surface area contributed by atoms with Gasteiger partial charge < -0.3 is 24.7 Å². The van der Waals surface area contributed by atoms with Crippen molar-refractivity contribution < 1.29 is 13.9 Å². The number of carbonyl (C=O) groups is 1. The number of hydrogen-bond acceptors (Lipinski definition) is 8. The quantitative estimate of drug-likeness (QED) is 0.422. The zero-order valence-electron chi connectivity index (χ0n) is 18.0. The van der Waals surface area contributed by atoms with Gasteiger partial charge in [-0.15, -0.1) is 0 Å². The van der Waals surface area contributed by atoms with Gasteiger partial charge in [0.1, 0.15) is 11.6 Å². The summed E-state index contributed by atoms with van der Waals surface area (Å²) in [5.74, 6) is 0.805. The predicted octanol–water partition coefficient (Wildman–Crippen LogP) is 3.42. The van der Waals surface area contributed by atoms with E-state index in [1.54, 1.807) is 56.7 Å². The zero-order valence-corrected chi connectivity index (χ0v) is 18.0. The Hall–Kier alpha value is -4.34. The molecule has 32 heavy (non-hydrogen) atoms. The van der Waals surface area contributed by atoms with Crippen molar-refractivity contribution in [2.45, 2.75) is 6.92 Å². The Morgan fingerprint density at radius 1 is 1.12 bits per heavy atom. The van der Waals surface area contributed by atoms with Crippen LogP contribution in [0.1, 0.15) is 15.9 Å². The van der Waals surface area contributed by atoms with Crippen LogP contribution in [0.4, 0.5) is 23.1 Å². The Balaban J connectivity index is 1.61. The second kappa shape index (κ2) is 8.42. The van der Waals surface area contributed by atoms with Crippen molar-refractivity contribution in [2.24, 2.45) is 0 Å². The van der Waals surface area contributed by atoms with Crippen molar-refractivity contribution in [2.75, 3.05) is 31.8 Å². The summed E-state index contributed by atoms with van der Waals surface area (Å²) in [5.41, 5.74) is 3.70. The average Bonchev–Trinajstić information content (AvgIpc) is 3.14. The molecule has 0 saturated carbocycles. The standard InChI is InChI=1S/C22H22N6O4/c1-12-11-23-21(25-15-7-13(20(29)28(2)3)8-16(9-15)31-4)27-19(12)24-14-5-6-18-17(10-14)26-22(30)32-18/h5-11H,1-4H3,(H,26,30)(H2,23,24,25,27). The Bertz CT molecular complexity index is 1360. The number of nitrogens with zero attached hydrogens (tertiary/aromatic N) is 3. The lowest BCUT2D eigenvalue weighted by Crippen LogP contribution is -2.21. The second-order valence-electron chi connectivity index (χ2n) is 7.35. The van der Waals surface area contributed by atoms with Crippen LogP contribution in [-0.4, -0.2) is 47.0 Å². The molecule has 164 valence electrons. The lowest BCUT2D eigenvalue weighted by Gasteiger charge is -2.14. The molecule has 0 radical (unpaired) electrons. The highest BCUT2D eigenvalue weighted by molar-refractivity contribution is 5.95. The highest BCUT2D eigenvalue weighted by atomic mass is 16.5. The van der Waals surface area contributed by atoms with Gasteiger partial charge in [0.25, 0.3) is 5.91 Å². The molecule has 0 atom stereocenters. The highest BCUT2D eigenvalue weighted by Crippen LogP contribution is 2.26. The van der Waals surface area contributed by atoms with Gasteiger partial charge in [0.2, 0.25) is 5.95 Å². The summed E-state index contributed by atoms with van der Waals surface area (Å²) in [6.45, 7) is 1.88. The number of anilines is 4. The van der Waals surface area contributed by atoms with Crippen LogP contribution in [0.25, 0.3) is 11.1 Å². The lowest BCUT2D eigenvalue weighted by molar-refractivity contribution is 0.0827. The van der Waals surface area contributed by atoms with Gasteiger partial charge in [0.15, 0.2) is 5.58 Å². The Morgan fingerprint density at radius 3 is 2.69 bits per heavy atom. The molecule has 0 unspecified atom stereocenters. The number of oxazole rings is 1. The molecule has 2 heterocycles. The molecule has 2 aromatic heterocycles. The number of rotatable bonds is 6. The molecule has 0 fully saturated rings. The minimum absolute atomic E-state index is 0.146. The van der Waals surface area contributed by atoms with Crippen LogP contribution in [0, 0.1) is 6.92 Å². The molecule has 0 spiro atoms. The number of H-pyrrole nitrogens is 1. The Labute approximate surface area is 183 Å². The number of aromatic amines is 1. The van der Waals surface area contributed by atoms with Crippen LogP contribution in [0.5, 0.6) is 5.75 Å². The normalized spacial score (nSPS) is 10.8. The van der Waals surface area contributed by atoms with Crippen LogP contribution < -0.4 is 21.1 Å². The van der Waals surface area contributed by atoms with Crippen LogP contribution in [0.15, 0.2) is 51.8 Å². The molecule has 4 rings (SSSR count). The molecule has 1 amide bonds. The van der Waals surface area contributed by atoms with Crippen molar-refractivity contribution in [3.8, 4) is 5.75 Å². The SMILES string of the molecule is COc1cc(Nc2ncc(C)c(Nc3ccc4oc(=O)[nH]c4c3)n2)cc(C(=O)N(C)C)c1. The number of benzene rings is 2. The maximum atomic E-state index is 12.4. The van der Waals surface area contributed by atoms with E-state index in [0.717, 1.165) is 11.3 Å². The first-order chi connectivity index (χ1) is 15.3. The number of fused-ring (bicyclic) bond motifs is 1. The lowest BCUT2D eigenvalue weighted by atomic mass is 10.1. The van der Waals surface area contributed by atoms with Gasteiger partial charge in [0.05, 0.1) is 12.6 Å². The van der Waals surface area contributed by atoms with Crippen LogP contribution in [0.2, 0.25) is 0 Å². The first-order valence-corrected chi connectivity index (χ1v) is 9.73. The van der Waals surface area contributed by atoms with Gasteiger partial charge in [-0.1, -0.05) is 0 Å². The molecule has 0 aliphatic carbocycles. The third-order valence-electron chi connectivity index (χ3n) is 4.70. The fourth-order valence-electron chi connectivity index (χ4n) is 3.10. The molecule has 0 saturated heterocycles. The van der Waals surface area contributed by atoms with E-state index in [0.29, 0.717) is 39.9 Å². The van der Waals surface area contributed by atoms with Crippen LogP contribution >= 0.6 is 0 Å². The number of carbonyl (C=O) groups excluding carboxylic acids is 1. The second-order valence-corrected chi connectivity index (χ2v) is 7.35. The van der Waals surface area contributed by atoms with E-state index >= 15 is 0 Å².